The zero-order valence-electron chi connectivity index (χ0n) is 14.9. The first-order valence-electron chi connectivity index (χ1n) is 8.54. The van der Waals surface area contributed by atoms with Crippen molar-refractivity contribution in [3.8, 4) is 0 Å². The molecule has 5 nitrogen and oxygen atoms in total. The summed E-state index contributed by atoms with van der Waals surface area (Å²) in [7, 11) is 1.88. The van der Waals surface area contributed by atoms with Crippen LogP contribution in [0.5, 0.6) is 0 Å². The molecule has 7 heteroatoms. The van der Waals surface area contributed by atoms with E-state index in [0.29, 0.717) is 24.2 Å². The molecule has 0 aliphatic carbocycles. The number of carbonyl (C=O) groups is 2. The van der Waals surface area contributed by atoms with Crippen molar-refractivity contribution in [3.05, 3.63) is 52.2 Å². The number of thiophene rings is 1. The Labute approximate surface area is 165 Å². The van der Waals surface area contributed by atoms with Crippen LogP contribution in [0, 0.1) is 0 Å². The van der Waals surface area contributed by atoms with Crippen molar-refractivity contribution in [2.75, 3.05) is 25.5 Å². The number of aryl methyl sites for hydroxylation is 1. The Hall–Kier alpha value is -1.89. The van der Waals surface area contributed by atoms with Crippen LogP contribution >= 0.6 is 23.7 Å². The summed E-state index contributed by atoms with van der Waals surface area (Å²) in [6, 6.07) is 11.2. The minimum Gasteiger partial charge on any atom is -0.352 e. The van der Waals surface area contributed by atoms with Gasteiger partial charge in [-0.15, -0.1) is 23.7 Å². The largest absolute Gasteiger partial charge is 0.352 e. The van der Waals surface area contributed by atoms with Gasteiger partial charge < -0.3 is 16.0 Å². The molecule has 0 bridgehead atoms. The highest BCUT2D eigenvalue weighted by Crippen LogP contribution is 2.14. The van der Waals surface area contributed by atoms with Gasteiger partial charge in [0.2, 0.25) is 5.91 Å². The number of anilines is 1. The van der Waals surface area contributed by atoms with Crippen LogP contribution in [0.25, 0.3) is 0 Å². The third-order valence-electron chi connectivity index (χ3n) is 3.70. The van der Waals surface area contributed by atoms with E-state index in [0.717, 1.165) is 25.8 Å². The van der Waals surface area contributed by atoms with Gasteiger partial charge in [-0.05, 0) is 62.5 Å². The van der Waals surface area contributed by atoms with E-state index in [4.69, 9.17) is 0 Å². The smallest absolute Gasteiger partial charge is 0.251 e. The van der Waals surface area contributed by atoms with Gasteiger partial charge in [0.15, 0.2) is 0 Å². The minimum absolute atomic E-state index is 0. The number of carbonyl (C=O) groups excluding carboxylic acids is 2. The lowest BCUT2D eigenvalue weighted by atomic mass is 10.1. The van der Waals surface area contributed by atoms with Crippen molar-refractivity contribution >= 4 is 41.2 Å². The maximum absolute atomic E-state index is 12.1. The number of hydrogen-bond acceptors (Lipinski definition) is 4. The van der Waals surface area contributed by atoms with Crippen LogP contribution in [0.3, 0.4) is 0 Å². The third kappa shape index (κ3) is 7.99. The van der Waals surface area contributed by atoms with Gasteiger partial charge in [-0.3, -0.25) is 9.59 Å². The Kier molecular flexibility index (Phi) is 10.6. The second-order valence-electron chi connectivity index (χ2n) is 5.77. The highest BCUT2D eigenvalue weighted by Gasteiger charge is 2.08. The molecule has 1 aromatic heterocycles. The molecular formula is C19H26ClN3O2S. The van der Waals surface area contributed by atoms with Crippen molar-refractivity contribution in [2.45, 2.75) is 25.7 Å². The molecule has 0 atom stereocenters. The molecule has 1 heterocycles. The van der Waals surface area contributed by atoms with Crippen LogP contribution in [-0.4, -0.2) is 32.0 Å². The van der Waals surface area contributed by atoms with Crippen LogP contribution in [0.4, 0.5) is 5.69 Å². The lowest BCUT2D eigenvalue weighted by Crippen LogP contribution is -2.26. The number of halogens is 1. The highest BCUT2D eigenvalue weighted by molar-refractivity contribution is 7.09. The van der Waals surface area contributed by atoms with Crippen molar-refractivity contribution < 1.29 is 9.59 Å². The van der Waals surface area contributed by atoms with E-state index in [-0.39, 0.29) is 24.2 Å². The van der Waals surface area contributed by atoms with Gasteiger partial charge >= 0.3 is 0 Å². The van der Waals surface area contributed by atoms with Gasteiger partial charge in [0.25, 0.3) is 5.91 Å². The molecule has 2 aromatic rings. The first-order chi connectivity index (χ1) is 12.2. The van der Waals surface area contributed by atoms with E-state index in [1.165, 1.54) is 4.88 Å². The molecule has 2 rings (SSSR count). The average molecular weight is 396 g/mol. The lowest BCUT2D eigenvalue weighted by molar-refractivity contribution is -0.116. The molecule has 0 radical (unpaired) electrons. The van der Waals surface area contributed by atoms with Crippen LogP contribution in [0.15, 0.2) is 41.8 Å². The Morgan fingerprint density at radius 1 is 1.08 bits per heavy atom. The molecular weight excluding hydrogens is 370 g/mol. The molecule has 0 saturated carbocycles. The first kappa shape index (κ1) is 22.2. The van der Waals surface area contributed by atoms with E-state index in [1.54, 1.807) is 35.6 Å². The summed E-state index contributed by atoms with van der Waals surface area (Å²) < 4.78 is 0. The predicted molar refractivity (Wildman–Crippen MR) is 110 cm³/mol. The second-order valence-corrected chi connectivity index (χ2v) is 6.81. The standard InChI is InChI=1S/C19H25N3O2S.ClH/c1-20-11-5-12-21-19(24)15-6-2-7-16(14-15)22-18(23)10-3-8-17-9-4-13-25-17;/h2,4,6-7,9,13-14,20H,3,5,8,10-12H2,1H3,(H,21,24)(H,22,23);1H. The van der Waals surface area contributed by atoms with E-state index >= 15 is 0 Å². The van der Waals surface area contributed by atoms with Gasteiger partial charge in [0.1, 0.15) is 0 Å². The van der Waals surface area contributed by atoms with Crippen molar-refractivity contribution in [1.82, 2.24) is 10.6 Å². The summed E-state index contributed by atoms with van der Waals surface area (Å²) in [5.41, 5.74) is 1.21. The topological polar surface area (TPSA) is 70.2 Å². The van der Waals surface area contributed by atoms with Gasteiger partial charge in [-0.2, -0.15) is 0 Å². The Bertz CT molecular complexity index is 677. The maximum atomic E-state index is 12.1. The fourth-order valence-electron chi connectivity index (χ4n) is 2.41. The zero-order chi connectivity index (χ0) is 17.9. The SMILES string of the molecule is CNCCCNC(=O)c1cccc(NC(=O)CCCc2cccs2)c1.Cl. The highest BCUT2D eigenvalue weighted by atomic mass is 35.5. The number of amides is 2. The molecule has 0 spiro atoms. The fraction of sp³-hybridized carbons (Fsp3) is 0.368. The molecule has 1 aromatic carbocycles. The Morgan fingerprint density at radius 2 is 1.92 bits per heavy atom. The molecule has 26 heavy (non-hydrogen) atoms. The average Bonchev–Trinajstić information content (AvgIpc) is 3.12. The summed E-state index contributed by atoms with van der Waals surface area (Å²) >= 11 is 1.71. The van der Waals surface area contributed by atoms with E-state index in [2.05, 4.69) is 22.0 Å². The van der Waals surface area contributed by atoms with Crippen molar-refractivity contribution in [1.29, 1.82) is 0 Å². The molecule has 0 fully saturated rings. The number of benzene rings is 1. The van der Waals surface area contributed by atoms with Gasteiger partial charge in [0.05, 0.1) is 0 Å². The molecule has 2 amide bonds. The molecule has 3 N–H and O–H groups in total. The van der Waals surface area contributed by atoms with E-state index in [9.17, 15) is 9.59 Å². The number of nitrogens with one attached hydrogen (secondary N) is 3. The first-order valence-corrected chi connectivity index (χ1v) is 9.42. The lowest BCUT2D eigenvalue weighted by Gasteiger charge is -2.08. The second kappa shape index (κ2) is 12.5. The fourth-order valence-corrected chi connectivity index (χ4v) is 3.16. The molecule has 0 unspecified atom stereocenters. The van der Waals surface area contributed by atoms with Gasteiger partial charge in [-0.25, -0.2) is 0 Å². The quantitative estimate of drug-likeness (QED) is 0.539. The van der Waals surface area contributed by atoms with Gasteiger partial charge in [0, 0.05) is 29.1 Å². The van der Waals surface area contributed by atoms with E-state index in [1.807, 2.05) is 18.5 Å². The summed E-state index contributed by atoms with van der Waals surface area (Å²) in [6.07, 6.45) is 3.08. The summed E-state index contributed by atoms with van der Waals surface area (Å²) in [5, 5.41) is 10.8. The van der Waals surface area contributed by atoms with Crippen LogP contribution in [-0.2, 0) is 11.2 Å². The van der Waals surface area contributed by atoms with E-state index < -0.39 is 0 Å². The monoisotopic (exact) mass is 395 g/mol. The third-order valence-corrected chi connectivity index (χ3v) is 4.64. The normalized spacial score (nSPS) is 10.0. The Morgan fingerprint density at radius 3 is 2.65 bits per heavy atom. The van der Waals surface area contributed by atoms with Crippen LogP contribution in [0.2, 0.25) is 0 Å². The summed E-state index contributed by atoms with van der Waals surface area (Å²) in [5.74, 6) is -0.145. The molecule has 0 saturated heterocycles. The number of rotatable bonds is 10. The maximum Gasteiger partial charge on any atom is 0.251 e. The summed E-state index contributed by atoms with van der Waals surface area (Å²) in [6.45, 7) is 1.49. The van der Waals surface area contributed by atoms with Crippen molar-refractivity contribution in [3.63, 3.8) is 0 Å². The number of hydrogen-bond donors (Lipinski definition) is 3. The van der Waals surface area contributed by atoms with Crippen LogP contribution in [0.1, 0.15) is 34.5 Å². The van der Waals surface area contributed by atoms with Crippen molar-refractivity contribution in [2.24, 2.45) is 0 Å². The molecule has 0 aliphatic heterocycles. The van der Waals surface area contributed by atoms with Gasteiger partial charge in [-0.1, -0.05) is 12.1 Å². The zero-order valence-corrected chi connectivity index (χ0v) is 16.6. The predicted octanol–water partition coefficient (Wildman–Crippen LogP) is 3.47. The minimum atomic E-state index is -0.120. The molecule has 0 aliphatic rings. The molecule has 142 valence electrons. The van der Waals surface area contributed by atoms with Crippen LogP contribution < -0.4 is 16.0 Å². The Balaban J connectivity index is 0.00000338. The summed E-state index contributed by atoms with van der Waals surface area (Å²) in [4.78, 5) is 25.5.